The lowest BCUT2D eigenvalue weighted by molar-refractivity contribution is -0.127. The molecule has 1 aliphatic carbocycles. The van der Waals surface area contributed by atoms with E-state index in [0.717, 1.165) is 30.6 Å². The predicted octanol–water partition coefficient (Wildman–Crippen LogP) is 1.93. The number of hydrogen-bond donors (Lipinski definition) is 2. The fourth-order valence-electron chi connectivity index (χ4n) is 2.46. The number of likely N-dealkylation sites (N-methyl/N-ethyl adjacent to an activating group) is 1. The van der Waals surface area contributed by atoms with E-state index in [9.17, 15) is 4.79 Å². The Balaban J connectivity index is 2.09. The minimum atomic E-state index is -0.488. The van der Waals surface area contributed by atoms with E-state index in [1.165, 1.54) is 5.56 Å². The van der Waals surface area contributed by atoms with Crippen molar-refractivity contribution in [1.82, 2.24) is 5.32 Å². The van der Waals surface area contributed by atoms with Crippen LogP contribution in [0.1, 0.15) is 43.9 Å². The van der Waals surface area contributed by atoms with E-state index in [2.05, 4.69) is 11.4 Å². The Morgan fingerprint density at radius 2 is 2.37 bits per heavy atom. The average Bonchev–Trinajstić information content (AvgIpc) is 2.40. The molecule has 2 unspecified atom stereocenters. The Kier molecular flexibility index (Phi) is 4.43. The van der Waals surface area contributed by atoms with Crippen molar-refractivity contribution in [2.75, 3.05) is 6.54 Å². The van der Waals surface area contributed by atoms with Crippen molar-refractivity contribution in [3.05, 3.63) is 29.3 Å². The van der Waals surface area contributed by atoms with E-state index in [4.69, 9.17) is 10.5 Å². The maximum Gasteiger partial charge on any atom is 0.260 e. The van der Waals surface area contributed by atoms with Crippen LogP contribution < -0.4 is 15.8 Å². The summed E-state index contributed by atoms with van der Waals surface area (Å²) in [5, 5.41) is 2.75. The summed E-state index contributed by atoms with van der Waals surface area (Å²) in [5.74, 6) is 0.624. The van der Waals surface area contributed by atoms with Crippen LogP contribution in [0.3, 0.4) is 0 Å². The smallest absolute Gasteiger partial charge is 0.260 e. The Hall–Kier alpha value is -1.55. The van der Waals surface area contributed by atoms with Crippen LogP contribution in [0.2, 0.25) is 0 Å². The van der Waals surface area contributed by atoms with Gasteiger partial charge in [-0.25, -0.2) is 0 Å². The van der Waals surface area contributed by atoms with E-state index in [1.54, 1.807) is 6.92 Å². The second kappa shape index (κ2) is 6.06. The summed E-state index contributed by atoms with van der Waals surface area (Å²) in [6.07, 6.45) is 2.75. The molecule has 1 aliphatic rings. The first-order chi connectivity index (χ1) is 9.11. The topological polar surface area (TPSA) is 64.3 Å². The van der Waals surface area contributed by atoms with E-state index in [0.29, 0.717) is 6.54 Å². The number of carbonyl (C=O) groups excluding carboxylic acids is 1. The number of nitrogens with two attached hydrogens (primary N) is 1. The SMILES string of the molecule is CCNC(=O)C(C)Oc1ccc2c(c1)C(N)CCC2. The number of rotatable bonds is 4. The molecule has 2 rings (SSSR count). The molecule has 0 fully saturated rings. The summed E-state index contributed by atoms with van der Waals surface area (Å²) in [6.45, 7) is 4.26. The second-order valence-corrected chi connectivity index (χ2v) is 5.01. The second-order valence-electron chi connectivity index (χ2n) is 5.01. The predicted molar refractivity (Wildman–Crippen MR) is 75.1 cm³/mol. The fraction of sp³-hybridized carbons (Fsp3) is 0.533. The largest absolute Gasteiger partial charge is 0.481 e. The summed E-state index contributed by atoms with van der Waals surface area (Å²) in [7, 11) is 0. The van der Waals surface area contributed by atoms with Gasteiger partial charge in [-0.05, 0) is 56.4 Å². The highest BCUT2D eigenvalue weighted by Crippen LogP contribution is 2.31. The number of fused-ring (bicyclic) bond motifs is 1. The molecule has 0 bridgehead atoms. The molecular weight excluding hydrogens is 240 g/mol. The van der Waals surface area contributed by atoms with Crippen molar-refractivity contribution in [1.29, 1.82) is 0 Å². The minimum absolute atomic E-state index is 0.0899. The summed E-state index contributed by atoms with van der Waals surface area (Å²) in [6, 6.07) is 6.06. The molecule has 19 heavy (non-hydrogen) atoms. The van der Waals surface area contributed by atoms with Crippen molar-refractivity contribution in [3.8, 4) is 5.75 Å². The van der Waals surface area contributed by atoms with Crippen molar-refractivity contribution in [2.45, 2.75) is 45.3 Å². The molecule has 1 aromatic rings. The van der Waals surface area contributed by atoms with Crippen LogP contribution >= 0.6 is 0 Å². The summed E-state index contributed by atoms with van der Waals surface area (Å²) >= 11 is 0. The molecule has 0 saturated heterocycles. The van der Waals surface area contributed by atoms with Gasteiger partial charge in [0, 0.05) is 12.6 Å². The van der Waals surface area contributed by atoms with Crippen molar-refractivity contribution in [2.24, 2.45) is 5.73 Å². The van der Waals surface area contributed by atoms with Gasteiger partial charge in [0.1, 0.15) is 5.75 Å². The zero-order valence-electron chi connectivity index (χ0n) is 11.6. The first-order valence-electron chi connectivity index (χ1n) is 6.94. The zero-order valence-corrected chi connectivity index (χ0v) is 11.6. The Bertz CT molecular complexity index is 459. The van der Waals surface area contributed by atoms with Gasteiger partial charge < -0.3 is 15.8 Å². The third kappa shape index (κ3) is 3.26. The highest BCUT2D eigenvalue weighted by molar-refractivity contribution is 5.80. The Labute approximate surface area is 114 Å². The standard InChI is InChI=1S/C15H22N2O2/c1-3-17-15(18)10(2)19-12-8-7-11-5-4-6-14(16)13(11)9-12/h7-10,14H,3-6,16H2,1-2H3,(H,17,18). The molecule has 0 saturated carbocycles. The zero-order chi connectivity index (χ0) is 13.8. The number of aryl methyl sites for hydroxylation is 1. The van der Waals surface area contributed by atoms with Crippen LogP contribution in [0.5, 0.6) is 5.75 Å². The van der Waals surface area contributed by atoms with Crippen LogP contribution in [0, 0.1) is 0 Å². The first kappa shape index (κ1) is 13.9. The molecule has 1 amide bonds. The quantitative estimate of drug-likeness (QED) is 0.871. The number of nitrogens with one attached hydrogen (secondary N) is 1. The van der Waals surface area contributed by atoms with Crippen LogP contribution in [0.4, 0.5) is 0 Å². The van der Waals surface area contributed by atoms with Gasteiger partial charge in [0.15, 0.2) is 6.10 Å². The van der Waals surface area contributed by atoms with E-state index in [1.807, 2.05) is 19.1 Å². The lowest BCUT2D eigenvalue weighted by Gasteiger charge is -2.23. The van der Waals surface area contributed by atoms with Crippen molar-refractivity contribution >= 4 is 5.91 Å². The van der Waals surface area contributed by atoms with E-state index in [-0.39, 0.29) is 11.9 Å². The Morgan fingerprint density at radius 3 is 3.11 bits per heavy atom. The number of carbonyl (C=O) groups is 1. The Morgan fingerprint density at radius 1 is 1.58 bits per heavy atom. The van der Waals surface area contributed by atoms with Crippen molar-refractivity contribution < 1.29 is 9.53 Å². The number of hydrogen-bond acceptors (Lipinski definition) is 3. The maximum absolute atomic E-state index is 11.6. The average molecular weight is 262 g/mol. The van der Waals surface area contributed by atoms with Gasteiger partial charge in [0.25, 0.3) is 5.91 Å². The van der Waals surface area contributed by atoms with Crippen molar-refractivity contribution in [3.63, 3.8) is 0 Å². The minimum Gasteiger partial charge on any atom is -0.481 e. The third-order valence-corrected chi connectivity index (χ3v) is 3.51. The molecule has 0 aliphatic heterocycles. The number of ether oxygens (including phenoxy) is 1. The highest BCUT2D eigenvalue weighted by Gasteiger charge is 2.19. The lowest BCUT2D eigenvalue weighted by atomic mass is 9.88. The molecule has 3 N–H and O–H groups in total. The summed E-state index contributed by atoms with van der Waals surface area (Å²) in [4.78, 5) is 11.6. The monoisotopic (exact) mass is 262 g/mol. The summed E-state index contributed by atoms with van der Waals surface area (Å²) in [5.41, 5.74) is 8.58. The van der Waals surface area contributed by atoms with E-state index >= 15 is 0 Å². The molecule has 2 atom stereocenters. The van der Waals surface area contributed by atoms with Crippen LogP contribution in [-0.2, 0) is 11.2 Å². The van der Waals surface area contributed by atoms with Gasteiger partial charge in [-0.2, -0.15) is 0 Å². The van der Waals surface area contributed by atoms with Gasteiger partial charge >= 0.3 is 0 Å². The summed E-state index contributed by atoms with van der Waals surface area (Å²) < 4.78 is 5.68. The normalized spacial score (nSPS) is 19.4. The van der Waals surface area contributed by atoms with Gasteiger partial charge in [0.05, 0.1) is 0 Å². The molecule has 0 radical (unpaired) electrons. The van der Waals surface area contributed by atoms with Crippen LogP contribution in [0.25, 0.3) is 0 Å². The first-order valence-corrected chi connectivity index (χ1v) is 6.94. The third-order valence-electron chi connectivity index (χ3n) is 3.51. The highest BCUT2D eigenvalue weighted by atomic mass is 16.5. The van der Waals surface area contributed by atoms with Gasteiger partial charge in [-0.1, -0.05) is 6.07 Å². The van der Waals surface area contributed by atoms with Gasteiger partial charge in [-0.15, -0.1) is 0 Å². The van der Waals surface area contributed by atoms with Crippen LogP contribution in [-0.4, -0.2) is 18.6 Å². The molecule has 4 nitrogen and oxygen atoms in total. The molecule has 104 valence electrons. The van der Waals surface area contributed by atoms with Gasteiger partial charge in [0.2, 0.25) is 0 Å². The molecule has 4 heteroatoms. The lowest BCUT2D eigenvalue weighted by Crippen LogP contribution is -2.36. The molecular formula is C15H22N2O2. The molecule has 1 aromatic carbocycles. The maximum atomic E-state index is 11.6. The molecule has 0 heterocycles. The van der Waals surface area contributed by atoms with Crippen LogP contribution in [0.15, 0.2) is 18.2 Å². The number of benzene rings is 1. The molecule has 0 aromatic heterocycles. The van der Waals surface area contributed by atoms with E-state index < -0.39 is 6.10 Å². The fourth-order valence-corrected chi connectivity index (χ4v) is 2.46. The number of amides is 1. The molecule has 0 spiro atoms. The van der Waals surface area contributed by atoms with Gasteiger partial charge in [-0.3, -0.25) is 4.79 Å².